The molecule has 0 bridgehead atoms. The monoisotopic (exact) mass is 221 g/mol. The lowest BCUT2D eigenvalue weighted by Gasteiger charge is -2.14. The van der Waals surface area contributed by atoms with Crippen LogP contribution in [-0.2, 0) is 6.42 Å². The smallest absolute Gasteiger partial charge is 0.161 e. The second kappa shape index (κ2) is 4.74. The average molecular weight is 221 g/mol. The van der Waals surface area contributed by atoms with Crippen LogP contribution in [0.4, 0.5) is 0 Å². The topological polar surface area (TPSA) is 41.5 Å². The molecule has 1 aromatic rings. The van der Waals surface area contributed by atoms with E-state index in [9.17, 15) is 5.11 Å². The van der Waals surface area contributed by atoms with Crippen LogP contribution in [0.2, 0.25) is 0 Å². The zero-order valence-corrected chi connectivity index (χ0v) is 9.92. The van der Waals surface area contributed by atoms with Crippen molar-refractivity contribution in [2.45, 2.75) is 19.8 Å². The van der Waals surface area contributed by atoms with E-state index in [1.807, 2.05) is 19.1 Å². The van der Waals surface area contributed by atoms with Gasteiger partial charge in [0.1, 0.15) is 0 Å². The van der Waals surface area contributed by atoms with Crippen molar-refractivity contribution in [3.63, 3.8) is 0 Å². The van der Waals surface area contributed by atoms with E-state index < -0.39 is 0 Å². The third-order valence-electron chi connectivity index (χ3n) is 3.36. The van der Waals surface area contributed by atoms with Crippen LogP contribution in [0.3, 0.4) is 0 Å². The minimum Gasteiger partial charge on any atom is -0.504 e. The van der Waals surface area contributed by atoms with Gasteiger partial charge in [0.05, 0.1) is 7.11 Å². The Kier molecular flexibility index (Phi) is 3.34. The van der Waals surface area contributed by atoms with Gasteiger partial charge in [-0.05, 0) is 50.4 Å². The van der Waals surface area contributed by atoms with Crippen LogP contribution in [0, 0.1) is 12.8 Å². The van der Waals surface area contributed by atoms with Gasteiger partial charge in [-0.25, -0.2) is 0 Å². The van der Waals surface area contributed by atoms with Crippen LogP contribution in [0.25, 0.3) is 0 Å². The van der Waals surface area contributed by atoms with Gasteiger partial charge in [-0.3, -0.25) is 0 Å². The van der Waals surface area contributed by atoms with Crippen LogP contribution in [0.15, 0.2) is 12.1 Å². The molecule has 1 aromatic carbocycles. The molecule has 1 unspecified atom stereocenters. The van der Waals surface area contributed by atoms with Crippen molar-refractivity contribution in [3.05, 3.63) is 23.3 Å². The molecule has 1 saturated heterocycles. The van der Waals surface area contributed by atoms with Crippen LogP contribution in [0.5, 0.6) is 11.5 Å². The van der Waals surface area contributed by atoms with Crippen LogP contribution in [0.1, 0.15) is 17.5 Å². The molecule has 0 radical (unpaired) electrons. The number of ether oxygens (including phenoxy) is 1. The highest BCUT2D eigenvalue weighted by Crippen LogP contribution is 2.34. The van der Waals surface area contributed by atoms with Crippen molar-refractivity contribution in [2.24, 2.45) is 5.92 Å². The number of benzene rings is 1. The number of nitrogens with one attached hydrogen (secondary N) is 1. The number of aromatic hydroxyl groups is 1. The van der Waals surface area contributed by atoms with Gasteiger partial charge in [0.25, 0.3) is 0 Å². The summed E-state index contributed by atoms with van der Waals surface area (Å²) in [5.41, 5.74) is 2.18. The van der Waals surface area contributed by atoms with E-state index in [-0.39, 0.29) is 0 Å². The fourth-order valence-corrected chi connectivity index (χ4v) is 2.32. The van der Waals surface area contributed by atoms with Crippen LogP contribution in [-0.4, -0.2) is 25.3 Å². The number of methoxy groups -OCH3 is 1. The van der Waals surface area contributed by atoms with Crippen molar-refractivity contribution in [1.82, 2.24) is 5.32 Å². The molecule has 16 heavy (non-hydrogen) atoms. The van der Waals surface area contributed by atoms with E-state index >= 15 is 0 Å². The molecule has 3 heteroatoms. The zero-order chi connectivity index (χ0) is 11.5. The van der Waals surface area contributed by atoms with Crippen molar-refractivity contribution < 1.29 is 9.84 Å². The van der Waals surface area contributed by atoms with E-state index in [4.69, 9.17) is 4.74 Å². The summed E-state index contributed by atoms with van der Waals surface area (Å²) in [6, 6.07) is 3.83. The van der Waals surface area contributed by atoms with Crippen molar-refractivity contribution in [1.29, 1.82) is 0 Å². The van der Waals surface area contributed by atoms with Crippen LogP contribution >= 0.6 is 0 Å². The molecule has 0 spiro atoms. The van der Waals surface area contributed by atoms with E-state index in [1.54, 1.807) is 7.11 Å². The molecule has 2 rings (SSSR count). The maximum atomic E-state index is 10.1. The summed E-state index contributed by atoms with van der Waals surface area (Å²) < 4.78 is 5.14. The number of hydrogen-bond donors (Lipinski definition) is 2. The normalized spacial score (nSPS) is 20.0. The number of phenolic OH excluding ortho intramolecular Hbond substituents is 1. The molecule has 0 aromatic heterocycles. The van der Waals surface area contributed by atoms with E-state index in [2.05, 4.69) is 5.32 Å². The first-order chi connectivity index (χ1) is 7.72. The zero-order valence-electron chi connectivity index (χ0n) is 9.92. The van der Waals surface area contributed by atoms with E-state index in [0.717, 1.165) is 30.6 Å². The first kappa shape index (κ1) is 11.3. The molecule has 3 nitrogen and oxygen atoms in total. The summed E-state index contributed by atoms with van der Waals surface area (Å²) in [4.78, 5) is 0. The minimum absolute atomic E-state index is 0.314. The fraction of sp³-hybridized carbons (Fsp3) is 0.538. The molecule has 0 saturated carbocycles. The van der Waals surface area contributed by atoms with Gasteiger partial charge in [-0.15, -0.1) is 0 Å². The molecule has 1 aliphatic rings. The molecule has 1 aliphatic heterocycles. The number of rotatable bonds is 3. The lowest BCUT2D eigenvalue weighted by atomic mass is 9.94. The van der Waals surface area contributed by atoms with Crippen molar-refractivity contribution >= 4 is 0 Å². The Bertz CT molecular complexity index is 370. The quantitative estimate of drug-likeness (QED) is 0.818. The van der Waals surface area contributed by atoms with Gasteiger partial charge >= 0.3 is 0 Å². The summed E-state index contributed by atoms with van der Waals surface area (Å²) in [6.07, 6.45) is 2.12. The largest absolute Gasteiger partial charge is 0.504 e. The summed E-state index contributed by atoms with van der Waals surface area (Å²) in [5, 5.41) is 13.4. The first-order valence-corrected chi connectivity index (χ1v) is 5.78. The predicted octanol–water partition coefficient (Wildman–Crippen LogP) is 1.86. The van der Waals surface area contributed by atoms with Gasteiger partial charge in [-0.2, -0.15) is 0 Å². The Labute approximate surface area is 96.4 Å². The number of aryl methyl sites for hydroxylation is 1. The predicted molar refractivity (Wildman–Crippen MR) is 64.1 cm³/mol. The highest BCUT2D eigenvalue weighted by atomic mass is 16.5. The summed E-state index contributed by atoms with van der Waals surface area (Å²) in [6.45, 7) is 4.18. The summed E-state index contributed by atoms with van der Waals surface area (Å²) in [7, 11) is 1.59. The molecule has 0 amide bonds. The van der Waals surface area contributed by atoms with Crippen molar-refractivity contribution in [2.75, 3.05) is 20.2 Å². The molecule has 1 fully saturated rings. The molecule has 1 heterocycles. The third kappa shape index (κ3) is 2.14. The second-order valence-electron chi connectivity index (χ2n) is 4.47. The molecule has 0 aliphatic carbocycles. The van der Waals surface area contributed by atoms with E-state index in [0.29, 0.717) is 17.4 Å². The Hall–Kier alpha value is -1.22. The summed E-state index contributed by atoms with van der Waals surface area (Å²) >= 11 is 0. The van der Waals surface area contributed by atoms with Crippen molar-refractivity contribution in [3.8, 4) is 11.5 Å². The molecule has 1 atom stereocenters. The lowest BCUT2D eigenvalue weighted by Crippen LogP contribution is -2.11. The molecule has 88 valence electrons. The minimum atomic E-state index is 0.314. The molecular weight excluding hydrogens is 202 g/mol. The maximum Gasteiger partial charge on any atom is 0.161 e. The van der Waals surface area contributed by atoms with E-state index in [1.165, 1.54) is 6.42 Å². The maximum absolute atomic E-state index is 10.1. The molecule has 2 N–H and O–H groups in total. The lowest BCUT2D eigenvalue weighted by molar-refractivity contribution is 0.368. The Morgan fingerprint density at radius 2 is 2.31 bits per heavy atom. The standard InChI is InChI=1S/C13H19NO2/c1-9-3-4-12(16-2)13(15)11(9)7-10-5-6-14-8-10/h3-4,10,14-15H,5-8H2,1-2H3. The Balaban J connectivity index is 2.23. The average Bonchev–Trinajstić information content (AvgIpc) is 2.77. The first-order valence-electron chi connectivity index (χ1n) is 5.78. The summed E-state index contributed by atoms with van der Waals surface area (Å²) in [5.74, 6) is 1.53. The SMILES string of the molecule is COc1ccc(C)c(CC2CCNC2)c1O. The Morgan fingerprint density at radius 3 is 2.94 bits per heavy atom. The van der Waals surface area contributed by atoms with Gasteiger partial charge in [-0.1, -0.05) is 6.07 Å². The molecular formula is C13H19NO2. The van der Waals surface area contributed by atoms with Gasteiger partial charge in [0, 0.05) is 5.56 Å². The highest BCUT2D eigenvalue weighted by Gasteiger charge is 2.19. The number of hydrogen-bond acceptors (Lipinski definition) is 3. The third-order valence-corrected chi connectivity index (χ3v) is 3.36. The van der Waals surface area contributed by atoms with Gasteiger partial charge < -0.3 is 15.2 Å². The number of phenols is 1. The highest BCUT2D eigenvalue weighted by molar-refractivity contribution is 5.49. The van der Waals surface area contributed by atoms with Gasteiger partial charge in [0.15, 0.2) is 11.5 Å². The second-order valence-corrected chi connectivity index (χ2v) is 4.47. The Morgan fingerprint density at radius 1 is 1.50 bits per heavy atom. The van der Waals surface area contributed by atoms with Gasteiger partial charge in [0.2, 0.25) is 0 Å². The fourth-order valence-electron chi connectivity index (χ4n) is 2.32. The van der Waals surface area contributed by atoms with Crippen LogP contribution < -0.4 is 10.1 Å².